The van der Waals surface area contributed by atoms with E-state index in [1.54, 1.807) is 12.1 Å². The van der Waals surface area contributed by atoms with Crippen LogP contribution in [-0.4, -0.2) is 17.4 Å². The fourth-order valence-corrected chi connectivity index (χ4v) is 2.55. The molecule has 0 spiro atoms. The van der Waals surface area contributed by atoms with Gasteiger partial charge in [-0.15, -0.1) is 0 Å². The van der Waals surface area contributed by atoms with Gasteiger partial charge in [-0.1, -0.05) is 13.8 Å². The maximum Gasteiger partial charge on any atom is 0.166 e. The van der Waals surface area contributed by atoms with Crippen molar-refractivity contribution in [2.45, 2.75) is 26.8 Å². The fraction of sp³-hybridized carbons (Fsp3) is 0.400. The van der Waals surface area contributed by atoms with Gasteiger partial charge in [-0.3, -0.25) is 4.79 Å². The monoisotopic (exact) mass is 262 g/mol. The van der Waals surface area contributed by atoms with Gasteiger partial charge in [-0.05, 0) is 36.1 Å². The Hall–Kier alpha value is -1.68. The first-order chi connectivity index (χ1) is 9.06. The highest BCUT2D eigenvalue weighted by atomic mass is 19.1. The third kappa shape index (κ3) is 2.68. The summed E-state index contributed by atoms with van der Waals surface area (Å²) in [5.41, 5.74) is 8.03. The zero-order valence-electron chi connectivity index (χ0n) is 11.3. The molecule has 4 heteroatoms. The van der Waals surface area contributed by atoms with Crippen LogP contribution in [0.25, 0.3) is 10.9 Å². The lowest BCUT2D eigenvalue weighted by atomic mass is 10.0. The SMILES string of the molecule is CC(C)Cc1cc(F)cc2cc(C=O)n(CCN)c12. The summed E-state index contributed by atoms with van der Waals surface area (Å²) in [4.78, 5) is 11.1. The number of fused-ring (bicyclic) bond motifs is 1. The summed E-state index contributed by atoms with van der Waals surface area (Å²) in [6.07, 6.45) is 1.58. The first-order valence-electron chi connectivity index (χ1n) is 6.53. The zero-order chi connectivity index (χ0) is 14.0. The predicted octanol–water partition coefficient (Wildman–Crippen LogP) is 2.75. The molecule has 1 aromatic carbocycles. The third-order valence-corrected chi connectivity index (χ3v) is 3.17. The largest absolute Gasteiger partial charge is 0.337 e. The molecule has 0 bridgehead atoms. The Labute approximate surface area is 112 Å². The van der Waals surface area contributed by atoms with Crippen LogP contribution in [0.15, 0.2) is 18.2 Å². The van der Waals surface area contributed by atoms with Gasteiger partial charge in [-0.2, -0.15) is 0 Å². The van der Waals surface area contributed by atoms with Crippen molar-refractivity contribution >= 4 is 17.2 Å². The quantitative estimate of drug-likeness (QED) is 0.842. The van der Waals surface area contributed by atoms with Gasteiger partial charge in [0.1, 0.15) is 5.82 Å². The molecule has 2 aromatic rings. The molecule has 0 radical (unpaired) electrons. The second kappa shape index (κ2) is 5.53. The molecule has 2 N–H and O–H groups in total. The van der Waals surface area contributed by atoms with Crippen molar-refractivity contribution < 1.29 is 9.18 Å². The Morgan fingerprint density at radius 2 is 2.11 bits per heavy atom. The van der Waals surface area contributed by atoms with E-state index in [2.05, 4.69) is 13.8 Å². The fourth-order valence-electron chi connectivity index (χ4n) is 2.55. The molecule has 19 heavy (non-hydrogen) atoms. The summed E-state index contributed by atoms with van der Waals surface area (Å²) < 4.78 is 15.5. The van der Waals surface area contributed by atoms with Crippen LogP contribution in [0.4, 0.5) is 4.39 Å². The second-order valence-corrected chi connectivity index (χ2v) is 5.23. The highest BCUT2D eigenvalue weighted by Gasteiger charge is 2.14. The van der Waals surface area contributed by atoms with Gasteiger partial charge in [0.25, 0.3) is 0 Å². The molecule has 0 atom stereocenters. The summed E-state index contributed by atoms with van der Waals surface area (Å²) in [7, 11) is 0. The molecule has 0 aliphatic rings. The Kier molecular flexibility index (Phi) is 4.00. The molecule has 0 aliphatic carbocycles. The van der Waals surface area contributed by atoms with E-state index in [4.69, 9.17) is 5.73 Å². The molecule has 0 unspecified atom stereocenters. The van der Waals surface area contributed by atoms with Crippen molar-refractivity contribution in [2.24, 2.45) is 11.7 Å². The number of aromatic nitrogens is 1. The van der Waals surface area contributed by atoms with E-state index in [1.807, 2.05) is 4.57 Å². The standard InChI is InChI=1S/C15H19FN2O/c1-10(2)5-11-6-13(16)7-12-8-14(9-19)18(4-3-17)15(11)12/h6-10H,3-5,17H2,1-2H3. The molecule has 3 nitrogen and oxygen atoms in total. The minimum atomic E-state index is -0.259. The number of hydrogen-bond donors (Lipinski definition) is 1. The summed E-state index contributed by atoms with van der Waals surface area (Å²) in [6.45, 7) is 5.19. The van der Waals surface area contributed by atoms with Crippen LogP contribution in [0, 0.1) is 11.7 Å². The summed E-state index contributed by atoms with van der Waals surface area (Å²) in [5.74, 6) is 0.163. The topological polar surface area (TPSA) is 48.0 Å². The summed E-state index contributed by atoms with van der Waals surface area (Å²) in [6, 6.07) is 4.76. The lowest BCUT2D eigenvalue weighted by Crippen LogP contribution is -2.13. The maximum absolute atomic E-state index is 13.7. The lowest BCUT2D eigenvalue weighted by molar-refractivity contribution is 0.111. The minimum Gasteiger partial charge on any atom is -0.337 e. The minimum absolute atomic E-state index is 0.259. The molecule has 0 saturated heterocycles. The van der Waals surface area contributed by atoms with Crippen LogP contribution >= 0.6 is 0 Å². The first-order valence-corrected chi connectivity index (χ1v) is 6.53. The Morgan fingerprint density at radius 1 is 1.37 bits per heavy atom. The second-order valence-electron chi connectivity index (χ2n) is 5.23. The number of nitrogens with zero attached hydrogens (tertiary/aromatic N) is 1. The zero-order valence-corrected chi connectivity index (χ0v) is 11.3. The number of carbonyl (C=O) groups is 1. The van der Waals surface area contributed by atoms with Crippen molar-refractivity contribution in [3.8, 4) is 0 Å². The molecule has 0 saturated carbocycles. The van der Waals surface area contributed by atoms with Crippen LogP contribution in [0.5, 0.6) is 0 Å². The summed E-state index contributed by atoms with van der Waals surface area (Å²) >= 11 is 0. The van der Waals surface area contributed by atoms with Gasteiger partial charge in [0.15, 0.2) is 6.29 Å². The highest BCUT2D eigenvalue weighted by Crippen LogP contribution is 2.26. The number of carbonyl (C=O) groups excluding carboxylic acids is 1. The highest BCUT2D eigenvalue weighted by molar-refractivity contribution is 5.91. The van der Waals surface area contributed by atoms with Crippen LogP contribution in [0.1, 0.15) is 29.9 Å². The average molecular weight is 262 g/mol. The van der Waals surface area contributed by atoms with Crippen LogP contribution in [0.3, 0.4) is 0 Å². The normalized spacial score (nSPS) is 11.4. The van der Waals surface area contributed by atoms with E-state index in [9.17, 15) is 9.18 Å². The third-order valence-electron chi connectivity index (χ3n) is 3.17. The number of nitrogens with two attached hydrogens (primary N) is 1. The van der Waals surface area contributed by atoms with Gasteiger partial charge in [0, 0.05) is 18.5 Å². The molecule has 0 fully saturated rings. The van der Waals surface area contributed by atoms with Crippen molar-refractivity contribution in [2.75, 3.05) is 6.54 Å². The van der Waals surface area contributed by atoms with E-state index < -0.39 is 0 Å². The molecule has 1 aromatic heterocycles. The lowest BCUT2D eigenvalue weighted by Gasteiger charge is -2.12. The Morgan fingerprint density at radius 3 is 2.68 bits per heavy atom. The number of aldehydes is 1. The smallest absolute Gasteiger partial charge is 0.166 e. The van der Waals surface area contributed by atoms with Gasteiger partial charge in [0.2, 0.25) is 0 Å². The van der Waals surface area contributed by atoms with E-state index in [0.717, 1.165) is 29.2 Å². The number of halogens is 1. The molecule has 1 heterocycles. The molecule has 0 amide bonds. The van der Waals surface area contributed by atoms with E-state index in [0.29, 0.717) is 24.7 Å². The number of rotatable bonds is 5. The first kappa shape index (κ1) is 13.7. The predicted molar refractivity (Wildman–Crippen MR) is 74.9 cm³/mol. The molecule has 0 aliphatic heterocycles. The molecular weight excluding hydrogens is 243 g/mol. The summed E-state index contributed by atoms with van der Waals surface area (Å²) in [5, 5.41) is 0.770. The Bertz CT molecular complexity index is 602. The maximum atomic E-state index is 13.7. The van der Waals surface area contributed by atoms with Gasteiger partial charge < -0.3 is 10.3 Å². The van der Waals surface area contributed by atoms with Crippen LogP contribution in [0.2, 0.25) is 0 Å². The molecule has 102 valence electrons. The van der Waals surface area contributed by atoms with E-state index in [1.165, 1.54) is 6.07 Å². The number of benzene rings is 1. The Balaban J connectivity index is 2.70. The van der Waals surface area contributed by atoms with Crippen LogP contribution < -0.4 is 5.73 Å². The van der Waals surface area contributed by atoms with Crippen molar-refractivity contribution in [3.05, 3.63) is 35.3 Å². The van der Waals surface area contributed by atoms with Gasteiger partial charge >= 0.3 is 0 Å². The van der Waals surface area contributed by atoms with Crippen molar-refractivity contribution in [3.63, 3.8) is 0 Å². The average Bonchev–Trinajstić information content (AvgIpc) is 2.67. The van der Waals surface area contributed by atoms with Crippen molar-refractivity contribution in [1.29, 1.82) is 0 Å². The van der Waals surface area contributed by atoms with Gasteiger partial charge in [-0.25, -0.2) is 4.39 Å². The van der Waals surface area contributed by atoms with Crippen molar-refractivity contribution in [1.82, 2.24) is 4.57 Å². The van der Waals surface area contributed by atoms with Crippen LogP contribution in [-0.2, 0) is 13.0 Å². The van der Waals surface area contributed by atoms with E-state index >= 15 is 0 Å². The molecule has 2 rings (SSSR count). The molecular formula is C15H19FN2O. The van der Waals surface area contributed by atoms with Gasteiger partial charge in [0.05, 0.1) is 11.2 Å². The number of hydrogen-bond acceptors (Lipinski definition) is 2. The van der Waals surface area contributed by atoms with E-state index in [-0.39, 0.29) is 5.82 Å².